The number of aromatic nitrogens is 2. The molecule has 6 heteroatoms. The van der Waals surface area contributed by atoms with Crippen molar-refractivity contribution in [2.45, 2.75) is 26.3 Å². The van der Waals surface area contributed by atoms with Crippen LogP contribution in [0.4, 0.5) is 10.2 Å². The molecule has 144 valence electrons. The summed E-state index contributed by atoms with van der Waals surface area (Å²) in [5.74, 6) is 0.966. The lowest BCUT2D eigenvalue weighted by Crippen LogP contribution is -2.20. The van der Waals surface area contributed by atoms with Crippen LogP contribution in [0.5, 0.6) is 0 Å². The Morgan fingerprint density at radius 1 is 1.21 bits per heavy atom. The van der Waals surface area contributed by atoms with E-state index >= 15 is 0 Å². The summed E-state index contributed by atoms with van der Waals surface area (Å²) in [6.07, 6.45) is 3.21. The smallest absolute Gasteiger partial charge is 0.147 e. The minimum Gasteiger partial charge on any atom is -0.363 e. The number of anilines is 1. The minimum atomic E-state index is -0.403. The quantitative estimate of drug-likeness (QED) is 0.629. The molecule has 1 aliphatic rings. The highest BCUT2D eigenvalue weighted by Crippen LogP contribution is 2.30. The zero-order chi connectivity index (χ0) is 19.7. The fourth-order valence-electron chi connectivity index (χ4n) is 3.58. The molecule has 0 aliphatic carbocycles. The third-order valence-corrected chi connectivity index (χ3v) is 5.34. The topological polar surface area (TPSA) is 49.8 Å². The predicted molar refractivity (Wildman–Crippen MR) is 113 cm³/mol. The highest BCUT2D eigenvalue weighted by Gasteiger charge is 2.16. The first-order valence-corrected chi connectivity index (χ1v) is 9.79. The van der Waals surface area contributed by atoms with E-state index in [0.717, 1.165) is 30.4 Å². The molecule has 2 N–H and O–H groups in total. The van der Waals surface area contributed by atoms with Gasteiger partial charge < -0.3 is 10.6 Å². The monoisotopic (exact) mass is 396 g/mol. The summed E-state index contributed by atoms with van der Waals surface area (Å²) in [4.78, 5) is 9.15. The summed E-state index contributed by atoms with van der Waals surface area (Å²) in [5, 5.41) is 7.74. The molecule has 2 heterocycles. The highest BCUT2D eigenvalue weighted by atomic mass is 35.5. The van der Waals surface area contributed by atoms with Crippen LogP contribution in [0.3, 0.4) is 0 Å². The number of hydrogen-bond donors (Lipinski definition) is 2. The van der Waals surface area contributed by atoms with Crippen LogP contribution in [-0.4, -0.2) is 23.1 Å². The van der Waals surface area contributed by atoms with Crippen LogP contribution >= 0.6 is 11.6 Å². The predicted octanol–water partition coefficient (Wildman–Crippen LogP) is 5.28. The van der Waals surface area contributed by atoms with Gasteiger partial charge in [-0.25, -0.2) is 14.4 Å². The second kappa shape index (κ2) is 7.86. The molecular weight excluding hydrogens is 375 g/mol. The summed E-state index contributed by atoms with van der Waals surface area (Å²) in [6, 6.07) is 11.0. The Bertz CT molecular complexity index is 1060. The summed E-state index contributed by atoms with van der Waals surface area (Å²) in [7, 11) is 0. The van der Waals surface area contributed by atoms with Gasteiger partial charge in [-0.2, -0.15) is 0 Å². The Morgan fingerprint density at radius 2 is 2.07 bits per heavy atom. The molecule has 1 aliphatic heterocycles. The molecule has 4 rings (SSSR count). The number of fused-ring (bicyclic) bond motifs is 1. The molecule has 0 radical (unpaired) electrons. The van der Waals surface area contributed by atoms with Gasteiger partial charge in [0.2, 0.25) is 0 Å². The van der Waals surface area contributed by atoms with E-state index in [1.165, 1.54) is 11.1 Å². The van der Waals surface area contributed by atoms with Gasteiger partial charge in [-0.05, 0) is 56.1 Å². The van der Waals surface area contributed by atoms with E-state index in [9.17, 15) is 4.39 Å². The van der Waals surface area contributed by atoms with Crippen LogP contribution in [0.25, 0.3) is 16.5 Å². The van der Waals surface area contributed by atoms with Gasteiger partial charge in [0.15, 0.2) is 0 Å². The highest BCUT2D eigenvalue weighted by molar-refractivity contribution is 6.30. The van der Waals surface area contributed by atoms with E-state index in [2.05, 4.69) is 38.8 Å². The molecule has 1 atom stereocenters. The van der Waals surface area contributed by atoms with E-state index in [1.807, 2.05) is 19.9 Å². The maximum absolute atomic E-state index is 14.4. The fourth-order valence-corrected chi connectivity index (χ4v) is 3.76. The summed E-state index contributed by atoms with van der Waals surface area (Å²) >= 11 is 5.95. The molecule has 0 fully saturated rings. The van der Waals surface area contributed by atoms with E-state index in [0.29, 0.717) is 17.2 Å². The average Bonchev–Trinajstić information content (AvgIpc) is 2.70. The minimum absolute atomic E-state index is 0.120. The van der Waals surface area contributed by atoms with Gasteiger partial charge in [0.25, 0.3) is 0 Å². The number of hydrogen-bond acceptors (Lipinski definition) is 4. The largest absolute Gasteiger partial charge is 0.363 e. The second-order valence-electron chi connectivity index (χ2n) is 7.04. The Hall–Kier alpha value is -2.50. The zero-order valence-corrected chi connectivity index (χ0v) is 16.6. The molecule has 0 amide bonds. The number of rotatable bonds is 4. The molecule has 1 aromatic heterocycles. The van der Waals surface area contributed by atoms with Gasteiger partial charge in [0.05, 0.1) is 16.6 Å². The first-order chi connectivity index (χ1) is 13.5. The first kappa shape index (κ1) is 18.8. The van der Waals surface area contributed by atoms with Crippen LogP contribution in [0, 0.1) is 12.7 Å². The normalized spacial score (nSPS) is 15.4. The third kappa shape index (κ3) is 3.73. The van der Waals surface area contributed by atoms with Crippen LogP contribution in [0.1, 0.15) is 36.3 Å². The number of nitrogens with one attached hydrogen (secondary N) is 2. The summed E-state index contributed by atoms with van der Waals surface area (Å²) in [6.45, 7) is 5.62. The van der Waals surface area contributed by atoms with Crippen LogP contribution in [0.2, 0.25) is 5.02 Å². The maximum Gasteiger partial charge on any atom is 0.147 e. The SMILES string of the molecule is Cc1nc(N[C@H](C)c2cccc(Cl)c2F)c2cc(C3=CCNCC3)ccc2n1. The Labute approximate surface area is 168 Å². The number of benzene rings is 2. The lowest BCUT2D eigenvalue weighted by Gasteiger charge is -2.19. The van der Waals surface area contributed by atoms with Gasteiger partial charge in [-0.15, -0.1) is 0 Å². The lowest BCUT2D eigenvalue weighted by atomic mass is 9.98. The maximum atomic E-state index is 14.4. The zero-order valence-electron chi connectivity index (χ0n) is 15.9. The standard InChI is InChI=1S/C22H22ClFN4/c1-13(17-4-3-5-19(23)21(17)24)26-22-18-12-16(15-8-10-25-11-9-15)6-7-20(18)27-14(2)28-22/h3-8,12-13,25H,9-11H2,1-2H3,(H,26,27,28)/t13-/m1/s1. The molecule has 0 spiro atoms. The van der Waals surface area contributed by atoms with Crippen LogP contribution in [0.15, 0.2) is 42.5 Å². The molecule has 0 saturated carbocycles. The lowest BCUT2D eigenvalue weighted by molar-refractivity contribution is 0.600. The van der Waals surface area contributed by atoms with Crippen molar-refractivity contribution in [2.75, 3.05) is 18.4 Å². The van der Waals surface area contributed by atoms with Crippen molar-refractivity contribution < 1.29 is 4.39 Å². The number of aryl methyl sites for hydroxylation is 1. The second-order valence-corrected chi connectivity index (χ2v) is 7.45. The van der Waals surface area contributed by atoms with Crippen molar-refractivity contribution >= 4 is 33.9 Å². The van der Waals surface area contributed by atoms with Gasteiger partial charge in [0.1, 0.15) is 17.5 Å². The fraction of sp³-hybridized carbons (Fsp3) is 0.273. The van der Waals surface area contributed by atoms with Crippen LogP contribution < -0.4 is 10.6 Å². The van der Waals surface area contributed by atoms with E-state index in [1.54, 1.807) is 18.2 Å². The molecule has 28 heavy (non-hydrogen) atoms. The molecular formula is C22H22ClFN4. The summed E-state index contributed by atoms with van der Waals surface area (Å²) < 4.78 is 14.4. The van der Waals surface area contributed by atoms with Gasteiger partial charge in [-0.1, -0.05) is 35.9 Å². The molecule has 0 unspecified atom stereocenters. The van der Waals surface area contributed by atoms with E-state index in [-0.39, 0.29) is 11.1 Å². The van der Waals surface area contributed by atoms with Gasteiger partial charge in [-0.3, -0.25) is 0 Å². The van der Waals surface area contributed by atoms with Crippen molar-refractivity contribution in [3.8, 4) is 0 Å². The van der Waals surface area contributed by atoms with E-state index < -0.39 is 5.82 Å². The Kier molecular flexibility index (Phi) is 5.29. The Balaban J connectivity index is 1.74. The van der Waals surface area contributed by atoms with Gasteiger partial charge in [0, 0.05) is 17.5 Å². The molecule has 3 aromatic rings. The molecule has 4 nitrogen and oxygen atoms in total. The third-order valence-electron chi connectivity index (χ3n) is 5.04. The Morgan fingerprint density at radius 3 is 2.86 bits per heavy atom. The van der Waals surface area contributed by atoms with Crippen molar-refractivity contribution in [3.05, 3.63) is 70.3 Å². The van der Waals surface area contributed by atoms with Crippen molar-refractivity contribution in [1.82, 2.24) is 15.3 Å². The summed E-state index contributed by atoms with van der Waals surface area (Å²) in [5.41, 5.74) is 3.87. The van der Waals surface area contributed by atoms with E-state index in [4.69, 9.17) is 11.6 Å². The van der Waals surface area contributed by atoms with Crippen molar-refractivity contribution in [1.29, 1.82) is 0 Å². The number of halogens is 2. The first-order valence-electron chi connectivity index (χ1n) is 9.42. The molecule has 0 saturated heterocycles. The number of nitrogens with zero attached hydrogens (tertiary/aromatic N) is 2. The van der Waals surface area contributed by atoms with Crippen LogP contribution in [-0.2, 0) is 0 Å². The van der Waals surface area contributed by atoms with Crippen molar-refractivity contribution in [3.63, 3.8) is 0 Å². The molecule has 2 aromatic carbocycles. The van der Waals surface area contributed by atoms with Crippen molar-refractivity contribution in [2.24, 2.45) is 0 Å². The van der Waals surface area contributed by atoms with Gasteiger partial charge >= 0.3 is 0 Å². The average molecular weight is 397 g/mol. The molecule has 0 bridgehead atoms.